The first kappa shape index (κ1) is 33.9. The summed E-state index contributed by atoms with van der Waals surface area (Å²) in [7, 11) is 0. The second kappa shape index (κ2) is 17.5. The van der Waals surface area contributed by atoms with Crippen LogP contribution in [-0.4, -0.2) is 47.0 Å². The van der Waals surface area contributed by atoms with Crippen LogP contribution >= 0.6 is 24.4 Å². The van der Waals surface area contributed by atoms with E-state index < -0.39 is 12.1 Å². The summed E-state index contributed by atoms with van der Waals surface area (Å²) in [4.78, 5) is 13.8. The molecule has 0 aliphatic heterocycles. The highest BCUT2D eigenvalue weighted by molar-refractivity contribution is 7.98. The number of carbonyl (C=O) groups is 1. The number of anilines is 1. The molecule has 0 heterocycles. The van der Waals surface area contributed by atoms with E-state index in [9.17, 15) is 18.7 Å². The van der Waals surface area contributed by atoms with Crippen molar-refractivity contribution in [3.8, 4) is 0 Å². The van der Waals surface area contributed by atoms with Gasteiger partial charge in [0.15, 0.2) is 0 Å². The highest BCUT2D eigenvalue weighted by Gasteiger charge is 2.24. The number of hydrogen-bond acceptors (Lipinski definition) is 5. The third-order valence-electron chi connectivity index (χ3n) is 7.55. The van der Waals surface area contributed by atoms with E-state index in [1.807, 2.05) is 24.5 Å². The summed E-state index contributed by atoms with van der Waals surface area (Å²) >= 11 is 6.26. The van der Waals surface area contributed by atoms with Crippen LogP contribution in [0.25, 0.3) is 0 Å². The van der Waals surface area contributed by atoms with Gasteiger partial charge in [-0.05, 0) is 97.1 Å². The molecule has 0 aliphatic rings. The summed E-state index contributed by atoms with van der Waals surface area (Å²) in [6.45, 7) is 5.07. The maximum absolute atomic E-state index is 14.3. The summed E-state index contributed by atoms with van der Waals surface area (Å²) in [5, 5.41) is 18.0. The molecule has 3 rings (SSSR count). The number of halogens is 2. The Morgan fingerprint density at radius 1 is 1.02 bits per heavy atom. The number of rotatable bonds is 17. The van der Waals surface area contributed by atoms with Crippen LogP contribution in [-0.2, 0) is 19.3 Å². The molecule has 0 aliphatic carbocycles. The number of aliphatic hydroxyl groups excluding tert-OH is 1. The fourth-order valence-corrected chi connectivity index (χ4v) is 5.79. The Morgan fingerprint density at radius 3 is 2.45 bits per heavy atom. The van der Waals surface area contributed by atoms with Gasteiger partial charge in [-0.15, -0.1) is 0 Å². The van der Waals surface area contributed by atoms with Crippen LogP contribution in [0.3, 0.4) is 0 Å². The molecule has 0 bridgehead atoms. The number of thioether (sulfide) groups is 1. The zero-order valence-corrected chi connectivity index (χ0v) is 26.5. The summed E-state index contributed by atoms with van der Waals surface area (Å²) in [6.07, 6.45) is 4.93. The van der Waals surface area contributed by atoms with E-state index in [4.69, 9.17) is 0 Å². The zero-order chi connectivity index (χ0) is 30.5. The van der Waals surface area contributed by atoms with E-state index in [0.29, 0.717) is 41.6 Å². The molecule has 3 aromatic rings. The Labute approximate surface area is 259 Å². The van der Waals surface area contributed by atoms with E-state index in [2.05, 4.69) is 37.1 Å². The van der Waals surface area contributed by atoms with Gasteiger partial charge in [0, 0.05) is 29.5 Å². The lowest BCUT2D eigenvalue weighted by Gasteiger charge is -2.25. The molecule has 0 fully saturated rings. The fraction of sp³-hybridized carbons (Fsp3) is 0.441. The van der Waals surface area contributed by atoms with Gasteiger partial charge < -0.3 is 15.7 Å². The molecule has 0 saturated heterocycles. The minimum atomic E-state index is -0.949. The summed E-state index contributed by atoms with van der Waals surface area (Å²) < 4.78 is 27.7. The second-order valence-electron chi connectivity index (χ2n) is 11.0. The minimum absolute atomic E-state index is 0.104. The molecule has 0 radical (unpaired) electrons. The first-order chi connectivity index (χ1) is 20.2. The smallest absolute Gasteiger partial charge is 0.251 e. The quantitative estimate of drug-likeness (QED) is 0.120. The van der Waals surface area contributed by atoms with Crippen LogP contribution in [0.15, 0.2) is 66.7 Å². The molecule has 42 heavy (non-hydrogen) atoms. The van der Waals surface area contributed by atoms with Crippen LogP contribution in [0.2, 0.25) is 0 Å². The van der Waals surface area contributed by atoms with Gasteiger partial charge in [-0.2, -0.15) is 24.4 Å². The maximum Gasteiger partial charge on any atom is 0.251 e. The third kappa shape index (κ3) is 10.9. The van der Waals surface area contributed by atoms with E-state index >= 15 is 0 Å². The van der Waals surface area contributed by atoms with E-state index in [1.54, 1.807) is 42.1 Å². The summed E-state index contributed by atoms with van der Waals surface area (Å²) in [6, 6.07) is 18.1. The van der Waals surface area contributed by atoms with Crippen LogP contribution in [0.5, 0.6) is 0 Å². The van der Waals surface area contributed by atoms with Crippen LogP contribution in [0.1, 0.15) is 60.2 Å². The molecule has 228 valence electrons. The number of aryl methyl sites for hydroxylation is 2. The maximum atomic E-state index is 14.3. The lowest BCUT2D eigenvalue weighted by molar-refractivity contribution is 0.0826. The predicted octanol–water partition coefficient (Wildman–Crippen LogP) is 7.35. The molecule has 1 amide bonds. The minimum Gasteiger partial charge on any atom is -0.391 e. The predicted molar refractivity (Wildman–Crippen MR) is 176 cm³/mol. The number of hydrogen-bond donors (Lipinski definition) is 4. The number of aliphatic hydroxyl groups is 1. The lowest BCUT2D eigenvalue weighted by atomic mass is 9.96. The van der Waals surface area contributed by atoms with Gasteiger partial charge in [0.25, 0.3) is 5.91 Å². The van der Waals surface area contributed by atoms with E-state index in [0.717, 1.165) is 42.0 Å². The normalized spacial score (nSPS) is 14.2. The van der Waals surface area contributed by atoms with Gasteiger partial charge in [-0.25, -0.2) is 8.78 Å². The zero-order valence-electron chi connectivity index (χ0n) is 24.8. The van der Waals surface area contributed by atoms with Crippen molar-refractivity contribution in [3.63, 3.8) is 0 Å². The molecule has 8 heteroatoms. The average Bonchev–Trinajstić information content (AvgIpc) is 2.99. The van der Waals surface area contributed by atoms with Crippen molar-refractivity contribution >= 4 is 36.0 Å². The van der Waals surface area contributed by atoms with Gasteiger partial charge in [0.05, 0.1) is 12.1 Å². The number of amides is 1. The van der Waals surface area contributed by atoms with Crippen molar-refractivity contribution in [2.45, 2.75) is 69.8 Å². The van der Waals surface area contributed by atoms with Crippen LogP contribution < -0.4 is 10.6 Å². The lowest BCUT2D eigenvalue weighted by Crippen LogP contribution is -2.45. The Kier molecular flexibility index (Phi) is 14.2. The van der Waals surface area contributed by atoms with Crippen LogP contribution in [0.4, 0.5) is 14.5 Å². The molecular weight excluding hydrogens is 571 g/mol. The fourth-order valence-electron chi connectivity index (χ4n) is 4.94. The molecule has 0 aromatic heterocycles. The molecule has 4 atom stereocenters. The van der Waals surface area contributed by atoms with E-state index in [-0.39, 0.29) is 24.0 Å². The summed E-state index contributed by atoms with van der Waals surface area (Å²) in [5.74, 6) is 0.218. The van der Waals surface area contributed by atoms with Crippen molar-refractivity contribution in [3.05, 3.63) is 101 Å². The first-order valence-electron chi connectivity index (χ1n) is 14.7. The van der Waals surface area contributed by atoms with Gasteiger partial charge in [0.1, 0.15) is 11.6 Å². The Balaban J connectivity index is 1.81. The van der Waals surface area contributed by atoms with Gasteiger partial charge >= 0.3 is 0 Å². The number of nitrogens with one attached hydrogen (secondary N) is 2. The Hall–Kier alpha value is -2.55. The molecule has 3 N–H and O–H groups in total. The van der Waals surface area contributed by atoms with Gasteiger partial charge in [-0.1, -0.05) is 50.2 Å². The molecule has 4 nitrogen and oxygen atoms in total. The standard InChI is InChI=1S/C34H44F2N2O2S2/c1-4-29(41)19-23(2)22-37-28-16-13-25(12-9-24-10-14-27(35)15-11-24)30(21-28)34(40)38-32(17-18-42-3)33(39)20-26-7-5-6-8-31(26)36/h5-8,10-11,13-16,21,23,29,32-33,37,39,41H,4,9,12,17-20,22H2,1-3H3,(H,38,40). The molecule has 3 aromatic carbocycles. The first-order valence-corrected chi connectivity index (χ1v) is 16.6. The average molecular weight is 615 g/mol. The highest BCUT2D eigenvalue weighted by Crippen LogP contribution is 2.22. The van der Waals surface area contributed by atoms with Crippen molar-refractivity contribution in [1.29, 1.82) is 0 Å². The Morgan fingerprint density at radius 2 is 1.76 bits per heavy atom. The SMILES string of the molecule is CCC(S)CC(C)CNc1ccc(CCc2ccc(F)cc2)c(C(=O)NC(CCSC)C(O)Cc2ccccc2F)c1. The topological polar surface area (TPSA) is 61.4 Å². The second-order valence-corrected chi connectivity index (χ2v) is 12.7. The molecular formula is C34H44F2N2O2S2. The summed E-state index contributed by atoms with van der Waals surface area (Å²) in [5.41, 5.74) is 3.64. The van der Waals surface area contributed by atoms with Gasteiger partial charge in [0.2, 0.25) is 0 Å². The van der Waals surface area contributed by atoms with Crippen LogP contribution in [0, 0.1) is 17.6 Å². The van der Waals surface area contributed by atoms with E-state index in [1.165, 1.54) is 18.2 Å². The van der Waals surface area contributed by atoms with Crippen molar-refractivity contribution in [2.24, 2.45) is 5.92 Å². The molecule has 4 unspecified atom stereocenters. The Bertz CT molecular complexity index is 1260. The van der Waals surface area contributed by atoms with Crippen molar-refractivity contribution in [1.82, 2.24) is 5.32 Å². The van der Waals surface area contributed by atoms with Gasteiger partial charge in [-0.3, -0.25) is 4.79 Å². The third-order valence-corrected chi connectivity index (χ3v) is 8.77. The number of carbonyl (C=O) groups excluding carboxylic acids is 1. The van der Waals surface area contributed by atoms with Crippen molar-refractivity contribution in [2.75, 3.05) is 23.9 Å². The largest absolute Gasteiger partial charge is 0.391 e. The molecule has 0 saturated carbocycles. The number of benzene rings is 3. The van der Waals surface area contributed by atoms with Crippen molar-refractivity contribution < 1.29 is 18.7 Å². The molecule has 0 spiro atoms. The monoisotopic (exact) mass is 614 g/mol. The highest BCUT2D eigenvalue weighted by atomic mass is 32.2. The number of thiol groups is 1.